The maximum atomic E-state index is 6.02. The third-order valence-electron chi connectivity index (χ3n) is 3.41. The Morgan fingerprint density at radius 2 is 2.17 bits per heavy atom. The monoisotopic (exact) mass is 246 g/mol. The Morgan fingerprint density at radius 3 is 2.78 bits per heavy atom. The highest BCUT2D eigenvalue weighted by molar-refractivity contribution is 5.80. The minimum absolute atomic E-state index is 0.593. The SMILES string of the molecule is CN1CCC(CN(C)C(N)=Nc2ccccc2)C1. The third-order valence-corrected chi connectivity index (χ3v) is 3.41. The molecule has 0 amide bonds. The summed E-state index contributed by atoms with van der Waals surface area (Å²) in [5, 5.41) is 0. The number of nitrogens with two attached hydrogens (primary N) is 1. The van der Waals surface area contributed by atoms with Crippen LogP contribution in [0.4, 0.5) is 5.69 Å². The number of nitrogens with zero attached hydrogens (tertiary/aromatic N) is 3. The summed E-state index contributed by atoms with van der Waals surface area (Å²) in [6.45, 7) is 3.32. The summed E-state index contributed by atoms with van der Waals surface area (Å²) >= 11 is 0. The lowest BCUT2D eigenvalue weighted by atomic mass is 10.1. The smallest absolute Gasteiger partial charge is 0.196 e. The maximum absolute atomic E-state index is 6.02. The van der Waals surface area contributed by atoms with Crippen molar-refractivity contribution in [1.82, 2.24) is 9.80 Å². The van der Waals surface area contributed by atoms with Crippen molar-refractivity contribution in [3.8, 4) is 0 Å². The van der Waals surface area contributed by atoms with Gasteiger partial charge in [0.2, 0.25) is 0 Å². The Labute approximate surface area is 109 Å². The number of guanidine groups is 1. The van der Waals surface area contributed by atoms with E-state index in [4.69, 9.17) is 5.73 Å². The summed E-state index contributed by atoms with van der Waals surface area (Å²) in [4.78, 5) is 8.84. The third kappa shape index (κ3) is 3.47. The second kappa shape index (κ2) is 5.87. The van der Waals surface area contributed by atoms with Crippen LogP contribution >= 0.6 is 0 Å². The molecule has 1 aliphatic heterocycles. The lowest BCUT2D eigenvalue weighted by Crippen LogP contribution is -2.37. The Bertz CT molecular complexity index is 402. The van der Waals surface area contributed by atoms with Gasteiger partial charge in [-0.15, -0.1) is 0 Å². The van der Waals surface area contributed by atoms with E-state index < -0.39 is 0 Å². The highest BCUT2D eigenvalue weighted by Gasteiger charge is 2.21. The van der Waals surface area contributed by atoms with Crippen molar-refractivity contribution in [3.05, 3.63) is 30.3 Å². The zero-order chi connectivity index (χ0) is 13.0. The minimum atomic E-state index is 0.593. The van der Waals surface area contributed by atoms with Crippen LogP contribution in [0.2, 0.25) is 0 Å². The second-order valence-electron chi connectivity index (χ2n) is 5.10. The van der Waals surface area contributed by atoms with E-state index in [2.05, 4.69) is 21.8 Å². The number of rotatable bonds is 3. The van der Waals surface area contributed by atoms with Crippen molar-refractivity contribution in [2.24, 2.45) is 16.6 Å². The Hall–Kier alpha value is -1.55. The molecule has 4 heteroatoms. The molecule has 2 N–H and O–H groups in total. The molecule has 1 heterocycles. The predicted molar refractivity (Wildman–Crippen MR) is 76.0 cm³/mol. The Morgan fingerprint density at radius 1 is 1.44 bits per heavy atom. The molecule has 0 spiro atoms. The van der Waals surface area contributed by atoms with Crippen LogP contribution in [0.3, 0.4) is 0 Å². The van der Waals surface area contributed by atoms with Crippen molar-refractivity contribution in [2.45, 2.75) is 6.42 Å². The first-order valence-electron chi connectivity index (χ1n) is 6.44. The average molecular weight is 246 g/mol. The van der Waals surface area contributed by atoms with Gasteiger partial charge in [-0.3, -0.25) is 0 Å². The van der Waals surface area contributed by atoms with Crippen molar-refractivity contribution in [3.63, 3.8) is 0 Å². The van der Waals surface area contributed by atoms with Gasteiger partial charge in [-0.05, 0) is 38.1 Å². The van der Waals surface area contributed by atoms with Gasteiger partial charge in [-0.25, -0.2) is 4.99 Å². The molecule has 1 saturated heterocycles. The van der Waals surface area contributed by atoms with Gasteiger partial charge in [0, 0.05) is 20.1 Å². The van der Waals surface area contributed by atoms with E-state index in [0.29, 0.717) is 11.9 Å². The number of aliphatic imine (C=N–C) groups is 1. The summed E-state index contributed by atoms with van der Waals surface area (Å²) in [7, 11) is 4.18. The van der Waals surface area contributed by atoms with Gasteiger partial charge in [0.1, 0.15) is 0 Å². The zero-order valence-electron chi connectivity index (χ0n) is 11.2. The zero-order valence-corrected chi connectivity index (χ0v) is 11.2. The van der Waals surface area contributed by atoms with Gasteiger partial charge in [0.25, 0.3) is 0 Å². The molecule has 1 unspecified atom stereocenters. The molecule has 1 fully saturated rings. The van der Waals surface area contributed by atoms with E-state index in [0.717, 1.165) is 18.8 Å². The fourth-order valence-electron chi connectivity index (χ4n) is 2.38. The van der Waals surface area contributed by atoms with Crippen LogP contribution in [-0.4, -0.2) is 49.5 Å². The van der Waals surface area contributed by atoms with Crippen LogP contribution in [0.25, 0.3) is 0 Å². The summed E-state index contributed by atoms with van der Waals surface area (Å²) in [6, 6.07) is 9.84. The first-order valence-corrected chi connectivity index (χ1v) is 6.44. The standard InChI is InChI=1S/C14H22N4/c1-17-9-8-12(10-17)11-18(2)14(15)16-13-6-4-3-5-7-13/h3-7,12H,8-11H2,1-2H3,(H2,15,16). The summed E-state index contributed by atoms with van der Waals surface area (Å²) in [5.41, 5.74) is 6.93. The molecular formula is C14H22N4. The first kappa shape index (κ1) is 12.9. The van der Waals surface area contributed by atoms with E-state index in [9.17, 15) is 0 Å². The van der Waals surface area contributed by atoms with E-state index >= 15 is 0 Å². The summed E-state index contributed by atoms with van der Waals surface area (Å²) in [6.07, 6.45) is 1.25. The van der Waals surface area contributed by atoms with Crippen LogP contribution < -0.4 is 5.73 Å². The molecule has 1 aromatic rings. The molecule has 1 atom stereocenters. The van der Waals surface area contributed by atoms with Crippen molar-refractivity contribution in [1.29, 1.82) is 0 Å². The lowest BCUT2D eigenvalue weighted by Gasteiger charge is -2.21. The Balaban J connectivity index is 1.92. The molecule has 0 bridgehead atoms. The molecule has 4 nitrogen and oxygen atoms in total. The molecule has 1 aliphatic rings. The quantitative estimate of drug-likeness (QED) is 0.649. The van der Waals surface area contributed by atoms with Gasteiger partial charge in [0.05, 0.1) is 5.69 Å². The van der Waals surface area contributed by atoms with Crippen molar-refractivity contribution in [2.75, 3.05) is 33.7 Å². The number of likely N-dealkylation sites (tertiary alicyclic amines) is 1. The van der Waals surface area contributed by atoms with Gasteiger partial charge in [-0.1, -0.05) is 18.2 Å². The highest BCUT2D eigenvalue weighted by Crippen LogP contribution is 2.16. The van der Waals surface area contributed by atoms with Crippen LogP contribution in [0.1, 0.15) is 6.42 Å². The van der Waals surface area contributed by atoms with E-state index in [1.54, 1.807) is 0 Å². The minimum Gasteiger partial charge on any atom is -0.369 e. The normalized spacial score (nSPS) is 21.2. The molecule has 0 radical (unpaired) electrons. The van der Waals surface area contributed by atoms with E-state index in [-0.39, 0.29) is 0 Å². The number of hydrogen-bond donors (Lipinski definition) is 1. The van der Waals surface area contributed by atoms with Crippen LogP contribution in [-0.2, 0) is 0 Å². The molecule has 98 valence electrons. The molecular weight excluding hydrogens is 224 g/mol. The largest absolute Gasteiger partial charge is 0.369 e. The van der Waals surface area contributed by atoms with E-state index in [1.165, 1.54) is 13.0 Å². The fraction of sp³-hybridized carbons (Fsp3) is 0.500. The van der Waals surface area contributed by atoms with Gasteiger partial charge in [0.15, 0.2) is 5.96 Å². The van der Waals surface area contributed by atoms with Gasteiger partial charge in [-0.2, -0.15) is 0 Å². The van der Waals surface area contributed by atoms with Crippen LogP contribution in [0.5, 0.6) is 0 Å². The topological polar surface area (TPSA) is 44.9 Å². The Kier molecular flexibility index (Phi) is 4.20. The average Bonchev–Trinajstić information content (AvgIpc) is 2.76. The molecule has 0 aromatic heterocycles. The summed E-state index contributed by atoms with van der Waals surface area (Å²) < 4.78 is 0. The molecule has 0 saturated carbocycles. The maximum Gasteiger partial charge on any atom is 0.196 e. The van der Waals surface area contributed by atoms with E-state index in [1.807, 2.05) is 37.4 Å². The number of hydrogen-bond acceptors (Lipinski definition) is 2. The highest BCUT2D eigenvalue weighted by atomic mass is 15.2. The number of benzene rings is 1. The molecule has 2 rings (SSSR count). The van der Waals surface area contributed by atoms with Crippen molar-refractivity contribution < 1.29 is 0 Å². The van der Waals surface area contributed by atoms with Gasteiger partial charge < -0.3 is 15.5 Å². The lowest BCUT2D eigenvalue weighted by molar-refractivity contribution is 0.354. The second-order valence-corrected chi connectivity index (χ2v) is 5.10. The van der Waals surface area contributed by atoms with Crippen LogP contribution in [0.15, 0.2) is 35.3 Å². The van der Waals surface area contributed by atoms with Crippen molar-refractivity contribution >= 4 is 11.6 Å². The molecule has 1 aromatic carbocycles. The molecule has 18 heavy (non-hydrogen) atoms. The summed E-state index contributed by atoms with van der Waals surface area (Å²) in [5.74, 6) is 1.29. The number of para-hydroxylation sites is 1. The molecule has 0 aliphatic carbocycles. The van der Waals surface area contributed by atoms with Gasteiger partial charge >= 0.3 is 0 Å². The first-order chi connectivity index (χ1) is 8.65. The predicted octanol–water partition coefficient (Wildman–Crippen LogP) is 1.52. The fourth-order valence-corrected chi connectivity index (χ4v) is 2.38. The van der Waals surface area contributed by atoms with Crippen LogP contribution in [0, 0.1) is 5.92 Å².